The minimum Gasteiger partial charge on any atom is -0.289 e. The molecule has 18 heavy (non-hydrogen) atoms. The fraction of sp³-hybridized carbons (Fsp3) is 0.200. The van der Waals surface area contributed by atoms with E-state index in [1.807, 2.05) is 48.0 Å². The monoisotopic (exact) mass is 238 g/mol. The van der Waals surface area contributed by atoms with Crippen molar-refractivity contribution in [3.8, 4) is 0 Å². The summed E-state index contributed by atoms with van der Waals surface area (Å²) in [5.41, 5.74) is 3.81. The highest BCUT2D eigenvalue weighted by Crippen LogP contribution is 2.27. The molecule has 0 aliphatic heterocycles. The zero-order valence-electron chi connectivity index (χ0n) is 10.3. The van der Waals surface area contributed by atoms with E-state index in [2.05, 4.69) is 5.10 Å². The number of benzene rings is 1. The first-order valence-corrected chi connectivity index (χ1v) is 6.14. The van der Waals surface area contributed by atoms with Crippen LogP contribution in [-0.2, 0) is 13.0 Å². The lowest BCUT2D eigenvalue weighted by molar-refractivity contribution is 0.104. The van der Waals surface area contributed by atoms with Crippen molar-refractivity contribution in [2.24, 2.45) is 0 Å². The second-order valence-corrected chi connectivity index (χ2v) is 4.40. The van der Waals surface area contributed by atoms with Crippen LogP contribution in [0.15, 0.2) is 42.1 Å². The van der Waals surface area contributed by atoms with Gasteiger partial charge in [0.2, 0.25) is 0 Å². The Hall–Kier alpha value is -2.16. The van der Waals surface area contributed by atoms with Crippen molar-refractivity contribution in [2.45, 2.75) is 19.9 Å². The zero-order chi connectivity index (χ0) is 12.5. The summed E-state index contributed by atoms with van der Waals surface area (Å²) in [6.45, 7) is 2.85. The fourth-order valence-electron chi connectivity index (χ4n) is 2.38. The van der Waals surface area contributed by atoms with Crippen LogP contribution in [0.1, 0.15) is 28.5 Å². The van der Waals surface area contributed by atoms with E-state index in [0.717, 1.165) is 35.4 Å². The number of fused-ring (bicyclic) bond motifs is 1. The first-order chi connectivity index (χ1) is 8.79. The number of hydrogen-bond acceptors (Lipinski definition) is 2. The molecule has 1 aliphatic rings. The molecule has 0 spiro atoms. The third-order valence-electron chi connectivity index (χ3n) is 3.31. The lowest BCUT2D eigenvalue weighted by Crippen LogP contribution is -2.01. The molecule has 0 fully saturated rings. The smallest absolute Gasteiger partial charge is 0.189 e. The molecule has 3 heteroatoms. The predicted octanol–water partition coefficient (Wildman–Crippen LogP) is 2.73. The Balaban J connectivity index is 1.99. The van der Waals surface area contributed by atoms with Crippen LogP contribution >= 0.6 is 0 Å². The van der Waals surface area contributed by atoms with Gasteiger partial charge in [-0.05, 0) is 24.6 Å². The summed E-state index contributed by atoms with van der Waals surface area (Å²) < 4.78 is 1.89. The highest BCUT2D eigenvalue weighted by atomic mass is 16.1. The molecule has 0 N–H and O–H groups in total. The number of aryl methyl sites for hydroxylation is 1. The molecule has 3 nitrogen and oxygen atoms in total. The zero-order valence-corrected chi connectivity index (χ0v) is 10.3. The highest BCUT2D eigenvalue weighted by molar-refractivity contribution is 6.15. The van der Waals surface area contributed by atoms with Gasteiger partial charge in [-0.25, -0.2) is 0 Å². The molecule has 0 bridgehead atoms. The van der Waals surface area contributed by atoms with E-state index in [1.165, 1.54) is 0 Å². The number of ketones is 1. The number of hydrogen-bond donors (Lipinski definition) is 0. The number of nitrogens with zero attached hydrogens (tertiary/aromatic N) is 2. The summed E-state index contributed by atoms with van der Waals surface area (Å²) in [5.74, 6) is 0.148. The molecule has 0 unspecified atom stereocenters. The SMILES string of the molecule is CCn1nccc1C=C1Cc2ccccc2C1=O. The molecule has 1 aromatic heterocycles. The van der Waals surface area contributed by atoms with Gasteiger partial charge in [-0.1, -0.05) is 24.3 Å². The van der Waals surface area contributed by atoms with Crippen molar-refractivity contribution in [1.82, 2.24) is 9.78 Å². The van der Waals surface area contributed by atoms with E-state index < -0.39 is 0 Å². The van der Waals surface area contributed by atoms with Gasteiger partial charge < -0.3 is 0 Å². The van der Waals surface area contributed by atoms with Crippen LogP contribution in [0.25, 0.3) is 6.08 Å². The van der Waals surface area contributed by atoms with Crippen molar-refractivity contribution < 1.29 is 4.79 Å². The first-order valence-electron chi connectivity index (χ1n) is 6.14. The Bertz CT molecular complexity index is 637. The largest absolute Gasteiger partial charge is 0.289 e. The molecule has 0 amide bonds. The maximum Gasteiger partial charge on any atom is 0.189 e. The Kier molecular flexibility index (Phi) is 2.59. The Morgan fingerprint density at radius 2 is 2.17 bits per heavy atom. The van der Waals surface area contributed by atoms with Gasteiger partial charge in [-0.15, -0.1) is 0 Å². The van der Waals surface area contributed by atoms with E-state index in [4.69, 9.17) is 0 Å². The van der Waals surface area contributed by atoms with Crippen LogP contribution in [0.4, 0.5) is 0 Å². The molecule has 0 radical (unpaired) electrons. The molecule has 3 rings (SSSR count). The lowest BCUT2D eigenvalue weighted by Gasteiger charge is -2.00. The van der Waals surface area contributed by atoms with E-state index >= 15 is 0 Å². The summed E-state index contributed by atoms with van der Waals surface area (Å²) in [6.07, 6.45) is 4.45. The number of aromatic nitrogens is 2. The predicted molar refractivity (Wildman–Crippen MR) is 70.4 cm³/mol. The van der Waals surface area contributed by atoms with Gasteiger partial charge in [-0.2, -0.15) is 5.10 Å². The quantitative estimate of drug-likeness (QED) is 0.754. The number of allylic oxidation sites excluding steroid dienone is 1. The number of carbonyl (C=O) groups excluding carboxylic acids is 1. The molecule has 1 aliphatic carbocycles. The van der Waals surface area contributed by atoms with Gasteiger partial charge >= 0.3 is 0 Å². The standard InChI is InChI=1S/C15H14N2O/c1-2-17-13(7-8-16-17)10-12-9-11-5-3-4-6-14(11)15(12)18/h3-8,10H,2,9H2,1H3. The van der Waals surface area contributed by atoms with Gasteiger partial charge in [0.05, 0.1) is 5.69 Å². The molecule has 1 aromatic carbocycles. The Morgan fingerprint density at radius 1 is 1.33 bits per heavy atom. The maximum atomic E-state index is 12.2. The van der Waals surface area contributed by atoms with Gasteiger partial charge in [0.1, 0.15) is 0 Å². The molecule has 2 aromatic rings. The summed E-state index contributed by atoms with van der Waals surface area (Å²) in [6, 6.07) is 9.74. The first kappa shape index (κ1) is 11.0. The average molecular weight is 238 g/mol. The van der Waals surface area contributed by atoms with E-state index in [9.17, 15) is 4.79 Å². The molecule has 90 valence electrons. The van der Waals surface area contributed by atoms with Crippen LogP contribution in [0.5, 0.6) is 0 Å². The van der Waals surface area contributed by atoms with Crippen LogP contribution < -0.4 is 0 Å². The fourth-order valence-corrected chi connectivity index (χ4v) is 2.38. The average Bonchev–Trinajstić information content (AvgIpc) is 2.96. The van der Waals surface area contributed by atoms with Crippen molar-refractivity contribution in [2.75, 3.05) is 0 Å². The molecular weight excluding hydrogens is 224 g/mol. The highest BCUT2D eigenvalue weighted by Gasteiger charge is 2.24. The van der Waals surface area contributed by atoms with Gasteiger partial charge in [0.15, 0.2) is 5.78 Å². The van der Waals surface area contributed by atoms with Crippen molar-refractivity contribution in [3.63, 3.8) is 0 Å². The summed E-state index contributed by atoms with van der Waals surface area (Å²) in [7, 11) is 0. The van der Waals surface area contributed by atoms with Crippen LogP contribution in [0.3, 0.4) is 0 Å². The summed E-state index contributed by atoms with van der Waals surface area (Å²) in [5, 5.41) is 4.21. The van der Waals surface area contributed by atoms with Crippen molar-refractivity contribution >= 4 is 11.9 Å². The number of Topliss-reactive ketones (excluding diaryl/α,β-unsaturated/α-hetero) is 1. The van der Waals surface area contributed by atoms with Crippen molar-refractivity contribution in [1.29, 1.82) is 0 Å². The van der Waals surface area contributed by atoms with Gasteiger partial charge in [0, 0.05) is 30.3 Å². The van der Waals surface area contributed by atoms with E-state index in [1.54, 1.807) is 6.20 Å². The van der Waals surface area contributed by atoms with Crippen molar-refractivity contribution in [3.05, 3.63) is 58.9 Å². The third kappa shape index (κ3) is 1.68. The topological polar surface area (TPSA) is 34.9 Å². The van der Waals surface area contributed by atoms with E-state index in [0.29, 0.717) is 0 Å². The molecule has 0 saturated heterocycles. The minimum absolute atomic E-state index is 0.148. The molecule has 0 saturated carbocycles. The van der Waals surface area contributed by atoms with Crippen LogP contribution in [0.2, 0.25) is 0 Å². The second-order valence-electron chi connectivity index (χ2n) is 4.40. The molecule has 1 heterocycles. The Morgan fingerprint density at radius 3 is 2.94 bits per heavy atom. The van der Waals surface area contributed by atoms with Gasteiger partial charge in [0.25, 0.3) is 0 Å². The van der Waals surface area contributed by atoms with E-state index in [-0.39, 0.29) is 5.78 Å². The third-order valence-corrected chi connectivity index (χ3v) is 3.31. The maximum absolute atomic E-state index is 12.2. The Labute approximate surface area is 106 Å². The number of carbonyl (C=O) groups is 1. The van der Waals surface area contributed by atoms with Crippen LogP contribution in [-0.4, -0.2) is 15.6 Å². The lowest BCUT2D eigenvalue weighted by atomic mass is 10.1. The normalized spacial score (nSPS) is 16.3. The number of rotatable bonds is 2. The second kappa shape index (κ2) is 4.26. The molecule has 0 atom stereocenters. The van der Waals surface area contributed by atoms with Crippen LogP contribution in [0, 0.1) is 0 Å². The van der Waals surface area contributed by atoms with Gasteiger partial charge in [-0.3, -0.25) is 9.48 Å². The molecular formula is C15H14N2O. The summed E-state index contributed by atoms with van der Waals surface area (Å²) >= 11 is 0. The summed E-state index contributed by atoms with van der Waals surface area (Å²) in [4.78, 5) is 12.2. The minimum atomic E-state index is 0.148.